The van der Waals surface area contributed by atoms with Gasteiger partial charge in [-0.25, -0.2) is 0 Å². The number of carbonyl (C=O) groups is 1. The number of alkyl halides is 3. The Hall–Kier alpha value is -0.620. The van der Waals surface area contributed by atoms with Gasteiger partial charge < -0.3 is 9.84 Å². The van der Waals surface area contributed by atoms with E-state index < -0.39 is 35.2 Å². The summed E-state index contributed by atoms with van der Waals surface area (Å²) >= 11 is 0. The van der Waals surface area contributed by atoms with Crippen LogP contribution in [0.15, 0.2) is 0 Å². The highest BCUT2D eigenvalue weighted by Crippen LogP contribution is 2.49. The van der Waals surface area contributed by atoms with E-state index in [2.05, 4.69) is 4.74 Å². The first-order valence-electron chi connectivity index (χ1n) is 4.86. The van der Waals surface area contributed by atoms with E-state index in [9.17, 15) is 23.1 Å². The molecular weight excluding hydrogens is 225 g/mol. The molecule has 0 aromatic heterocycles. The Bertz CT molecular complexity index is 318. The van der Waals surface area contributed by atoms with Crippen molar-refractivity contribution in [2.75, 3.05) is 0 Å². The lowest BCUT2D eigenvalue weighted by Crippen LogP contribution is -2.50. The topological polar surface area (TPSA) is 46.5 Å². The predicted molar refractivity (Wildman–Crippen MR) is 49.6 cm³/mol. The van der Waals surface area contributed by atoms with E-state index in [0.717, 1.165) is 0 Å². The molecule has 0 spiro atoms. The van der Waals surface area contributed by atoms with Gasteiger partial charge in [-0.3, -0.25) is 4.79 Å². The van der Waals surface area contributed by atoms with Crippen molar-refractivity contribution in [1.29, 1.82) is 0 Å². The molecular formula is C10H15F3O3. The number of carbonyl (C=O) groups excluding carboxylic acids is 1. The summed E-state index contributed by atoms with van der Waals surface area (Å²) in [7, 11) is 0. The van der Waals surface area contributed by atoms with E-state index in [1.807, 2.05) is 0 Å². The fourth-order valence-corrected chi connectivity index (χ4v) is 1.55. The molecule has 0 bridgehead atoms. The minimum absolute atomic E-state index is 0.736. The largest absolute Gasteiger partial charge is 0.443 e. The van der Waals surface area contributed by atoms with Crippen molar-refractivity contribution in [3.05, 3.63) is 0 Å². The molecule has 0 saturated carbocycles. The van der Waals surface area contributed by atoms with Gasteiger partial charge in [-0.1, -0.05) is 20.8 Å². The lowest BCUT2D eigenvalue weighted by molar-refractivity contribution is -0.374. The summed E-state index contributed by atoms with van der Waals surface area (Å²) in [4.78, 5) is 11.6. The maximum Gasteiger partial charge on any atom is 0.443 e. The molecule has 1 aliphatic heterocycles. The number of Topliss-reactive ketones (excluding diaryl/α,β-unsaturated/α-hetero) is 1. The third kappa shape index (κ3) is 1.73. The molecule has 0 radical (unpaired) electrons. The van der Waals surface area contributed by atoms with Crippen LogP contribution in [0.2, 0.25) is 0 Å². The first-order valence-corrected chi connectivity index (χ1v) is 4.86. The minimum atomic E-state index is -4.97. The second-order valence-corrected chi connectivity index (χ2v) is 5.27. The van der Waals surface area contributed by atoms with Crippen LogP contribution in [0, 0.1) is 5.41 Å². The summed E-state index contributed by atoms with van der Waals surface area (Å²) in [5, 5.41) is 9.33. The van der Waals surface area contributed by atoms with E-state index in [1.165, 1.54) is 6.92 Å². The molecule has 94 valence electrons. The third-order valence-electron chi connectivity index (χ3n) is 3.18. The first kappa shape index (κ1) is 13.4. The molecule has 6 heteroatoms. The van der Waals surface area contributed by atoms with Crippen molar-refractivity contribution in [3.63, 3.8) is 0 Å². The average Bonchev–Trinajstić information content (AvgIpc) is 2.21. The summed E-state index contributed by atoms with van der Waals surface area (Å²) in [6.07, 6.45) is -6.02. The smallest absolute Gasteiger partial charge is 0.358 e. The molecule has 1 fully saturated rings. The maximum atomic E-state index is 12.5. The Kier molecular flexibility index (Phi) is 2.69. The van der Waals surface area contributed by atoms with Gasteiger partial charge in [-0.2, -0.15) is 13.2 Å². The van der Waals surface area contributed by atoms with Crippen LogP contribution in [0.1, 0.15) is 34.1 Å². The predicted octanol–water partition coefficient (Wildman–Crippen LogP) is 2.03. The van der Waals surface area contributed by atoms with Crippen LogP contribution < -0.4 is 0 Å². The van der Waals surface area contributed by atoms with Crippen LogP contribution in [-0.4, -0.2) is 28.5 Å². The van der Waals surface area contributed by atoms with E-state index in [-0.39, 0.29) is 0 Å². The van der Waals surface area contributed by atoms with Gasteiger partial charge in [0.2, 0.25) is 0 Å². The Morgan fingerprint density at radius 1 is 1.31 bits per heavy atom. The van der Waals surface area contributed by atoms with Crippen molar-refractivity contribution < 1.29 is 27.8 Å². The van der Waals surface area contributed by atoms with Gasteiger partial charge in [0.25, 0.3) is 5.79 Å². The molecule has 0 aromatic carbocycles. The fraction of sp³-hybridized carbons (Fsp3) is 0.900. The zero-order valence-electron chi connectivity index (χ0n) is 9.60. The van der Waals surface area contributed by atoms with Gasteiger partial charge in [0, 0.05) is 0 Å². The molecule has 1 N–H and O–H groups in total. The summed E-state index contributed by atoms with van der Waals surface area (Å²) in [6.45, 7) is 6.05. The number of aliphatic hydroxyl groups is 1. The van der Waals surface area contributed by atoms with Crippen LogP contribution in [0.5, 0.6) is 0 Å². The normalized spacial score (nSPS) is 36.9. The van der Waals surface area contributed by atoms with Gasteiger partial charge in [0.05, 0.1) is 6.42 Å². The van der Waals surface area contributed by atoms with Crippen LogP contribution in [0.25, 0.3) is 0 Å². The Morgan fingerprint density at radius 2 is 1.75 bits per heavy atom. The molecule has 2 atom stereocenters. The lowest BCUT2D eigenvalue weighted by atomic mass is 9.75. The van der Waals surface area contributed by atoms with Crippen molar-refractivity contribution in [1.82, 2.24) is 0 Å². The molecule has 0 aliphatic carbocycles. The van der Waals surface area contributed by atoms with Crippen LogP contribution in [0.4, 0.5) is 13.2 Å². The molecule has 16 heavy (non-hydrogen) atoms. The molecule has 0 amide bonds. The molecule has 1 heterocycles. The lowest BCUT2D eigenvalue weighted by Gasteiger charge is -2.38. The van der Waals surface area contributed by atoms with Crippen LogP contribution in [-0.2, 0) is 9.53 Å². The third-order valence-corrected chi connectivity index (χ3v) is 3.18. The molecule has 3 nitrogen and oxygen atoms in total. The van der Waals surface area contributed by atoms with E-state index >= 15 is 0 Å². The van der Waals surface area contributed by atoms with Crippen LogP contribution in [0.3, 0.4) is 0 Å². The number of halogens is 3. The monoisotopic (exact) mass is 240 g/mol. The minimum Gasteiger partial charge on any atom is -0.358 e. The summed E-state index contributed by atoms with van der Waals surface area (Å²) in [5.41, 5.74) is -2.45. The Balaban J connectivity index is 3.13. The Morgan fingerprint density at radius 3 is 1.94 bits per heavy atom. The van der Waals surface area contributed by atoms with Crippen molar-refractivity contribution >= 4 is 5.78 Å². The second kappa shape index (κ2) is 3.20. The van der Waals surface area contributed by atoms with Gasteiger partial charge in [-0.15, -0.1) is 0 Å². The molecule has 0 aromatic rings. The fourth-order valence-electron chi connectivity index (χ4n) is 1.55. The summed E-state index contributed by atoms with van der Waals surface area (Å²) in [5.74, 6) is -4.09. The highest BCUT2D eigenvalue weighted by atomic mass is 19.4. The Labute approximate surface area is 91.6 Å². The highest BCUT2D eigenvalue weighted by Gasteiger charge is 2.68. The standard InChI is InChI=1S/C10H15F3O3/c1-7(2,3)8(4)6(14)5-9(15,16-8)10(11,12)13/h15H,5H2,1-4H3/t8-,9-/m1/s1. The molecule has 0 unspecified atom stereocenters. The average molecular weight is 240 g/mol. The van der Waals surface area contributed by atoms with E-state index in [1.54, 1.807) is 20.8 Å². The number of hydrogen-bond donors (Lipinski definition) is 1. The maximum absolute atomic E-state index is 12.5. The molecule has 1 rings (SSSR count). The first-order chi connectivity index (χ1) is 6.83. The summed E-state index contributed by atoms with van der Waals surface area (Å²) < 4.78 is 42.2. The van der Waals surface area contributed by atoms with E-state index in [0.29, 0.717) is 0 Å². The second-order valence-electron chi connectivity index (χ2n) is 5.27. The number of ketones is 1. The zero-order valence-corrected chi connectivity index (χ0v) is 9.60. The van der Waals surface area contributed by atoms with Gasteiger partial charge in [-0.05, 0) is 12.3 Å². The SMILES string of the molecule is CC(C)(C)[C@]1(C)O[C@@](O)(C(F)(F)F)CC1=O. The van der Waals surface area contributed by atoms with Crippen molar-refractivity contribution in [2.24, 2.45) is 5.41 Å². The van der Waals surface area contributed by atoms with E-state index in [4.69, 9.17) is 0 Å². The zero-order chi connectivity index (χ0) is 13.0. The van der Waals surface area contributed by atoms with Crippen molar-refractivity contribution in [2.45, 2.75) is 51.7 Å². The van der Waals surface area contributed by atoms with Gasteiger partial charge in [0.1, 0.15) is 5.60 Å². The highest BCUT2D eigenvalue weighted by molar-refractivity contribution is 5.90. The number of hydrogen-bond acceptors (Lipinski definition) is 3. The number of rotatable bonds is 0. The molecule has 1 aliphatic rings. The number of ether oxygens (including phenoxy) is 1. The van der Waals surface area contributed by atoms with Crippen molar-refractivity contribution in [3.8, 4) is 0 Å². The quantitative estimate of drug-likeness (QED) is 0.704. The van der Waals surface area contributed by atoms with Gasteiger partial charge in [0.15, 0.2) is 5.78 Å². The molecule has 1 saturated heterocycles. The summed E-state index contributed by atoms with van der Waals surface area (Å²) in [6, 6.07) is 0. The van der Waals surface area contributed by atoms with Crippen LogP contribution >= 0.6 is 0 Å². The van der Waals surface area contributed by atoms with Gasteiger partial charge >= 0.3 is 6.18 Å².